The van der Waals surface area contributed by atoms with Crippen LogP contribution in [0.25, 0.3) is 0 Å². The lowest BCUT2D eigenvalue weighted by atomic mass is 9.96. The van der Waals surface area contributed by atoms with Crippen molar-refractivity contribution in [3.63, 3.8) is 0 Å². The van der Waals surface area contributed by atoms with Gasteiger partial charge in [0.25, 0.3) is 0 Å². The lowest BCUT2D eigenvalue weighted by Gasteiger charge is -2.29. The molecule has 0 aromatic heterocycles. The van der Waals surface area contributed by atoms with Gasteiger partial charge in [-0.15, -0.1) is 24.0 Å². The Morgan fingerprint density at radius 3 is 2.50 bits per heavy atom. The Labute approximate surface area is 199 Å². The first kappa shape index (κ1) is 27.2. The number of hydrogen-bond acceptors (Lipinski definition) is 4. The number of rotatable bonds is 8. The molecule has 1 atom stereocenters. The molecule has 1 aliphatic rings. The van der Waals surface area contributed by atoms with E-state index in [1.54, 1.807) is 19.2 Å². The highest BCUT2D eigenvalue weighted by atomic mass is 127. The molecule has 0 radical (unpaired) electrons. The summed E-state index contributed by atoms with van der Waals surface area (Å²) in [5.41, 5.74) is 2.09. The first-order valence-electron chi connectivity index (χ1n) is 10.6. The second-order valence-corrected chi connectivity index (χ2v) is 10.1. The molecular formula is C22H38IN3O3S. The van der Waals surface area contributed by atoms with Crippen molar-refractivity contribution >= 4 is 39.8 Å². The van der Waals surface area contributed by atoms with Crippen molar-refractivity contribution in [2.45, 2.75) is 57.4 Å². The number of ether oxygens (including phenoxy) is 1. The molecule has 0 spiro atoms. The summed E-state index contributed by atoms with van der Waals surface area (Å²) < 4.78 is 31.3. The third-order valence-electron chi connectivity index (χ3n) is 5.87. The molecule has 2 rings (SSSR count). The minimum atomic E-state index is -3.37. The van der Waals surface area contributed by atoms with Gasteiger partial charge in [0, 0.05) is 39.9 Å². The van der Waals surface area contributed by atoms with Gasteiger partial charge < -0.3 is 15.0 Å². The maximum atomic E-state index is 12.9. The number of benzene rings is 1. The molecule has 0 saturated carbocycles. The Bertz CT molecular complexity index is 793. The zero-order chi connectivity index (χ0) is 21.4. The molecule has 30 heavy (non-hydrogen) atoms. The minimum absolute atomic E-state index is 0. The summed E-state index contributed by atoms with van der Waals surface area (Å²) in [6.07, 6.45) is 4.03. The summed E-state index contributed by atoms with van der Waals surface area (Å²) in [7, 11) is 0.391. The summed E-state index contributed by atoms with van der Waals surface area (Å²) in [4.78, 5) is 6.87. The summed E-state index contributed by atoms with van der Waals surface area (Å²) in [5, 5.41) is 3.36. The van der Waals surface area contributed by atoms with Gasteiger partial charge in [0.15, 0.2) is 15.8 Å². The van der Waals surface area contributed by atoms with Gasteiger partial charge in [-0.2, -0.15) is 0 Å². The van der Waals surface area contributed by atoms with E-state index in [1.165, 1.54) is 0 Å². The molecular weight excluding hydrogens is 513 g/mol. The van der Waals surface area contributed by atoms with Crippen molar-refractivity contribution in [1.29, 1.82) is 0 Å². The fourth-order valence-electron chi connectivity index (χ4n) is 3.58. The van der Waals surface area contributed by atoms with Crippen LogP contribution in [0.1, 0.15) is 43.7 Å². The van der Waals surface area contributed by atoms with E-state index in [0.29, 0.717) is 17.2 Å². The average Bonchev–Trinajstić information content (AvgIpc) is 2.71. The Balaban J connectivity index is 0.00000450. The molecule has 8 heteroatoms. The van der Waals surface area contributed by atoms with Crippen LogP contribution in [0.15, 0.2) is 28.1 Å². The zero-order valence-corrected chi connectivity index (χ0v) is 22.1. The summed E-state index contributed by atoms with van der Waals surface area (Å²) >= 11 is 0. The van der Waals surface area contributed by atoms with Crippen molar-refractivity contribution in [1.82, 2.24) is 10.2 Å². The van der Waals surface area contributed by atoms with Crippen LogP contribution in [0.5, 0.6) is 0 Å². The lowest BCUT2D eigenvalue weighted by Crippen LogP contribution is -2.47. The van der Waals surface area contributed by atoms with E-state index in [9.17, 15) is 8.42 Å². The number of hydrogen-bond donors (Lipinski definition) is 1. The van der Waals surface area contributed by atoms with Gasteiger partial charge in [0.05, 0.1) is 10.6 Å². The molecule has 1 saturated heterocycles. The zero-order valence-electron chi connectivity index (χ0n) is 19.0. The average molecular weight is 552 g/mol. The number of nitrogens with zero attached hydrogens (tertiary/aromatic N) is 2. The molecule has 1 heterocycles. The van der Waals surface area contributed by atoms with E-state index in [0.717, 1.165) is 56.1 Å². The van der Waals surface area contributed by atoms with Gasteiger partial charge in [-0.1, -0.05) is 13.0 Å². The second kappa shape index (κ2) is 12.9. The van der Waals surface area contributed by atoms with E-state index in [2.05, 4.69) is 15.2 Å². The maximum absolute atomic E-state index is 12.9. The number of sulfone groups is 1. The Hall–Kier alpha value is -0.870. The van der Waals surface area contributed by atoms with Gasteiger partial charge in [-0.25, -0.2) is 8.42 Å². The van der Waals surface area contributed by atoms with Crippen molar-refractivity contribution < 1.29 is 13.2 Å². The highest BCUT2D eigenvalue weighted by molar-refractivity contribution is 14.0. The molecule has 0 amide bonds. The minimum Gasteiger partial charge on any atom is -0.381 e. The third-order valence-corrected chi connectivity index (χ3v) is 7.68. The first-order valence-corrected chi connectivity index (χ1v) is 12.2. The number of aliphatic imine (C=N–C) groups is 1. The van der Waals surface area contributed by atoms with Crippen LogP contribution in [0.4, 0.5) is 0 Å². The molecule has 0 bridgehead atoms. The quantitative estimate of drug-likeness (QED) is 0.303. The summed E-state index contributed by atoms with van der Waals surface area (Å²) in [6.45, 7) is 8.54. The summed E-state index contributed by atoms with van der Waals surface area (Å²) in [5.74, 6) is 1.49. The molecule has 172 valence electrons. The van der Waals surface area contributed by atoms with Crippen LogP contribution in [0.2, 0.25) is 0 Å². The SMILES string of the molecule is CCC(CS(=O)(=O)c1ccc(C)c(C)c1)NC(=NC)N(C)CCC1CCOCC1.I. The van der Waals surface area contributed by atoms with Gasteiger partial charge in [-0.3, -0.25) is 4.99 Å². The monoisotopic (exact) mass is 551 g/mol. The topological polar surface area (TPSA) is 71.0 Å². The number of nitrogens with one attached hydrogen (secondary N) is 1. The van der Waals surface area contributed by atoms with Crippen LogP contribution in [0.3, 0.4) is 0 Å². The number of aryl methyl sites for hydroxylation is 2. The Kier molecular flexibility index (Phi) is 11.6. The van der Waals surface area contributed by atoms with Gasteiger partial charge in [0.1, 0.15) is 0 Å². The van der Waals surface area contributed by atoms with Crippen LogP contribution in [0, 0.1) is 19.8 Å². The Morgan fingerprint density at radius 1 is 1.27 bits per heavy atom. The predicted molar refractivity (Wildman–Crippen MR) is 135 cm³/mol. The first-order chi connectivity index (χ1) is 13.8. The van der Waals surface area contributed by atoms with Crippen LogP contribution < -0.4 is 5.32 Å². The van der Waals surface area contributed by atoms with Crippen LogP contribution in [-0.4, -0.2) is 64.9 Å². The molecule has 1 aromatic carbocycles. The standard InChI is InChI=1S/C22H37N3O3S.HI/c1-6-20(16-29(26,27)21-8-7-17(2)18(3)15-21)24-22(23-4)25(5)12-9-19-10-13-28-14-11-19;/h7-8,15,19-20H,6,9-14,16H2,1-5H3,(H,23,24);1H. The van der Waals surface area contributed by atoms with E-state index >= 15 is 0 Å². The van der Waals surface area contributed by atoms with Crippen molar-refractivity contribution in [2.24, 2.45) is 10.9 Å². The highest BCUT2D eigenvalue weighted by Gasteiger charge is 2.23. The van der Waals surface area contributed by atoms with E-state index in [1.807, 2.05) is 33.9 Å². The van der Waals surface area contributed by atoms with Gasteiger partial charge in [0.2, 0.25) is 0 Å². The molecule has 6 nitrogen and oxygen atoms in total. The second-order valence-electron chi connectivity index (χ2n) is 8.09. The van der Waals surface area contributed by atoms with Crippen molar-refractivity contribution in [2.75, 3.05) is 39.6 Å². The lowest BCUT2D eigenvalue weighted by molar-refractivity contribution is 0.0625. The molecule has 1 aromatic rings. The van der Waals surface area contributed by atoms with Crippen LogP contribution in [-0.2, 0) is 14.6 Å². The highest BCUT2D eigenvalue weighted by Crippen LogP contribution is 2.19. The summed E-state index contributed by atoms with van der Waals surface area (Å²) in [6, 6.07) is 5.16. The fraction of sp³-hybridized carbons (Fsp3) is 0.682. The van der Waals surface area contributed by atoms with Crippen molar-refractivity contribution in [3.05, 3.63) is 29.3 Å². The molecule has 1 fully saturated rings. The van der Waals surface area contributed by atoms with Gasteiger partial charge >= 0.3 is 0 Å². The predicted octanol–water partition coefficient (Wildman–Crippen LogP) is 3.80. The van der Waals surface area contributed by atoms with E-state index < -0.39 is 9.84 Å². The smallest absolute Gasteiger partial charge is 0.193 e. The number of guanidine groups is 1. The number of halogens is 1. The molecule has 1 unspecified atom stereocenters. The maximum Gasteiger partial charge on any atom is 0.193 e. The van der Waals surface area contributed by atoms with Crippen molar-refractivity contribution in [3.8, 4) is 0 Å². The largest absolute Gasteiger partial charge is 0.381 e. The molecule has 1 aliphatic heterocycles. The Morgan fingerprint density at radius 2 is 1.93 bits per heavy atom. The third kappa shape index (κ3) is 8.00. The molecule has 0 aliphatic carbocycles. The van der Waals surface area contributed by atoms with E-state index in [-0.39, 0.29) is 35.8 Å². The fourth-order valence-corrected chi connectivity index (χ4v) is 5.25. The van der Waals surface area contributed by atoms with Gasteiger partial charge in [-0.05, 0) is 68.7 Å². The molecule has 1 N–H and O–H groups in total. The van der Waals surface area contributed by atoms with Crippen LogP contribution >= 0.6 is 24.0 Å². The van der Waals surface area contributed by atoms with E-state index in [4.69, 9.17) is 4.74 Å². The normalized spacial score (nSPS) is 16.6.